The number of thiazole rings is 1. The standard InChI is InChI=1S/C21H18N6O7S/c1-26-8-22-6-11(26)5-13(17(28)25-20-23-12(7-35-20)19(30)31)27-18(29)16(24-21(27)32)10-2-3-14-15(4-10)34-9-33-14/h2-4,6-8,13,16H,5,9H2,1H3,(H,24,32)(H,30,31)(H,23,25,28)/t13-,16?/m0/s1. The Bertz CT molecular complexity index is 1350. The predicted octanol–water partition coefficient (Wildman–Crippen LogP) is 1.15. The quantitative estimate of drug-likeness (QED) is 0.405. The largest absolute Gasteiger partial charge is 0.476 e. The van der Waals surface area contributed by atoms with Crippen LogP contribution in [0.5, 0.6) is 11.5 Å². The van der Waals surface area contributed by atoms with Gasteiger partial charge in [0.2, 0.25) is 12.7 Å². The Hall–Kier alpha value is -4.46. The van der Waals surface area contributed by atoms with Gasteiger partial charge >= 0.3 is 12.0 Å². The zero-order valence-corrected chi connectivity index (χ0v) is 18.9. The molecular weight excluding hydrogens is 480 g/mol. The van der Waals surface area contributed by atoms with Crippen molar-refractivity contribution in [3.8, 4) is 11.5 Å². The van der Waals surface area contributed by atoms with Gasteiger partial charge in [0.1, 0.15) is 12.1 Å². The smallest absolute Gasteiger partial charge is 0.355 e. The maximum Gasteiger partial charge on any atom is 0.355 e. The van der Waals surface area contributed by atoms with Crippen LogP contribution < -0.4 is 20.1 Å². The highest BCUT2D eigenvalue weighted by atomic mass is 32.1. The highest BCUT2D eigenvalue weighted by Gasteiger charge is 2.46. The third-order valence-electron chi connectivity index (χ3n) is 5.59. The number of benzene rings is 1. The number of carboxylic acids is 1. The number of imidazole rings is 1. The van der Waals surface area contributed by atoms with Crippen molar-refractivity contribution in [2.45, 2.75) is 18.5 Å². The Balaban J connectivity index is 1.43. The van der Waals surface area contributed by atoms with Crippen LogP contribution >= 0.6 is 11.3 Å². The number of imide groups is 1. The maximum atomic E-state index is 13.4. The minimum atomic E-state index is -1.26. The van der Waals surface area contributed by atoms with E-state index in [2.05, 4.69) is 20.6 Å². The predicted molar refractivity (Wildman–Crippen MR) is 119 cm³/mol. The summed E-state index contributed by atoms with van der Waals surface area (Å²) in [5.41, 5.74) is 0.842. The van der Waals surface area contributed by atoms with E-state index < -0.39 is 35.9 Å². The molecule has 2 aromatic heterocycles. The van der Waals surface area contributed by atoms with Gasteiger partial charge in [-0.25, -0.2) is 24.5 Å². The molecule has 3 N–H and O–H groups in total. The van der Waals surface area contributed by atoms with Crippen molar-refractivity contribution in [1.82, 2.24) is 24.8 Å². The Morgan fingerprint density at radius 2 is 2.11 bits per heavy atom. The Morgan fingerprint density at radius 1 is 1.31 bits per heavy atom. The molecule has 1 fully saturated rings. The summed E-state index contributed by atoms with van der Waals surface area (Å²) in [7, 11) is 1.72. The molecule has 35 heavy (non-hydrogen) atoms. The molecule has 4 amide bonds. The zero-order valence-electron chi connectivity index (χ0n) is 18.1. The molecular formula is C21H18N6O7S. The van der Waals surface area contributed by atoms with Crippen LogP contribution in [-0.4, -0.2) is 61.2 Å². The van der Waals surface area contributed by atoms with Gasteiger partial charge in [-0.2, -0.15) is 0 Å². The van der Waals surface area contributed by atoms with E-state index in [-0.39, 0.29) is 24.0 Å². The van der Waals surface area contributed by atoms with E-state index in [1.54, 1.807) is 29.8 Å². The number of amides is 4. The number of nitrogens with one attached hydrogen (secondary N) is 2. The molecule has 0 bridgehead atoms. The minimum Gasteiger partial charge on any atom is -0.476 e. The van der Waals surface area contributed by atoms with Gasteiger partial charge in [0, 0.05) is 30.7 Å². The number of carboxylic acid groups (broad SMARTS) is 1. The molecule has 1 unspecified atom stereocenters. The fourth-order valence-corrected chi connectivity index (χ4v) is 4.49. The molecule has 14 heteroatoms. The number of nitrogens with zero attached hydrogens (tertiary/aromatic N) is 4. The number of aromatic carboxylic acids is 1. The lowest BCUT2D eigenvalue weighted by molar-refractivity contribution is -0.134. The molecule has 3 aromatic rings. The molecule has 2 aliphatic rings. The molecule has 4 heterocycles. The zero-order chi connectivity index (χ0) is 24.7. The summed E-state index contributed by atoms with van der Waals surface area (Å²) in [5.74, 6) is -1.59. The molecule has 1 saturated heterocycles. The van der Waals surface area contributed by atoms with Crippen molar-refractivity contribution < 1.29 is 33.8 Å². The van der Waals surface area contributed by atoms with Crippen molar-refractivity contribution in [3.63, 3.8) is 0 Å². The topological polar surface area (TPSA) is 165 Å². The molecule has 0 aliphatic carbocycles. The first-order valence-corrected chi connectivity index (χ1v) is 11.2. The average molecular weight is 498 g/mol. The van der Waals surface area contributed by atoms with Gasteiger partial charge in [-0.1, -0.05) is 6.07 Å². The molecule has 1 aromatic carbocycles. The summed E-state index contributed by atoms with van der Waals surface area (Å²) in [5, 5.41) is 15.5. The van der Waals surface area contributed by atoms with E-state index in [0.29, 0.717) is 22.8 Å². The maximum absolute atomic E-state index is 13.4. The average Bonchev–Trinajstić information content (AvgIpc) is 3.61. The number of ether oxygens (including phenoxy) is 2. The highest BCUT2D eigenvalue weighted by Crippen LogP contribution is 2.36. The summed E-state index contributed by atoms with van der Waals surface area (Å²) in [4.78, 5) is 59.5. The lowest BCUT2D eigenvalue weighted by Gasteiger charge is -2.24. The van der Waals surface area contributed by atoms with Crippen LogP contribution in [0.3, 0.4) is 0 Å². The highest BCUT2D eigenvalue weighted by molar-refractivity contribution is 7.14. The lowest BCUT2D eigenvalue weighted by atomic mass is 10.0. The van der Waals surface area contributed by atoms with E-state index in [1.807, 2.05) is 0 Å². The van der Waals surface area contributed by atoms with Gasteiger partial charge in [-0.15, -0.1) is 11.3 Å². The lowest BCUT2D eigenvalue weighted by Crippen LogP contribution is -2.49. The number of anilines is 1. The third kappa shape index (κ3) is 4.14. The monoisotopic (exact) mass is 498 g/mol. The van der Waals surface area contributed by atoms with Crippen molar-refractivity contribution >= 4 is 40.3 Å². The fourth-order valence-electron chi connectivity index (χ4n) is 3.81. The summed E-state index contributed by atoms with van der Waals surface area (Å²) < 4.78 is 12.3. The molecule has 13 nitrogen and oxygen atoms in total. The Morgan fingerprint density at radius 3 is 2.83 bits per heavy atom. The number of aryl methyl sites for hydroxylation is 1. The fraction of sp³-hybridized carbons (Fsp3) is 0.238. The first kappa shape index (κ1) is 22.3. The number of rotatable bonds is 7. The Labute approximate surface area is 201 Å². The van der Waals surface area contributed by atoms with Gasteiger partial charge in [0.05, 0.1) is 6.33 Å². The second-order valence-corrected chi connectivity index (χ2v) is 8.61. The normalized spacial score (nSPS) is 17.4. The van der Waals surface area contributed by atoms with Crippen LogP contribution in [0.1, 0.15) is 27.8 Å². The van der Waals surface area contributed by atoms with Crippen molar-refractivity contribution in [1.29, 1.82) is 0 Å². The van der Waals surface area contributed by atoms with Crippen LogP contribution in [0, 0.1) is 0 Å². The summed E-state index contributed by atoms with van der Waals surface area (Å²) in [6.07, 6.45) is 3.04. The van der Waals surface area contributed by atoms with Gasteiger partial charge in [-0.05, 0) is 17.7 Å². The molecule has 0 spiro atoms. The van der Waals surface area contributed by atoms with Crippen LogP contribution in [0.25, 0.3) is 0 Å². The second kappa shape index (κ2) is 8.72. The van der Waals surface area contributed by atoms with Crippen molar-refractivity contribution in [3.05, 3.63) is 53.1 Å². The van der Waals surface area contributed by atoms with E-state index in [9.17, 15) is 19.2 Å². The number of fused-ring (bicyclic) bond motifs is 1. The summed E-state index contributed by atoms with van der Waals surface area (Å²) in [6, 6.07) is 1.85. The van der Waals surface area contributed by atoms with Crippen LogP contribution in [0.4, 0.5) is 9.93 Å². The number of aromatic nitrogens is 3. The third-order valence-corrected chi connectivity index (χ3v) is 6.35. The second-order valence-electron chi connectivity index (χ2n) is 7.75. The molecule has 5 rings (SSSR count). The van der Waals surface area contributed by atoms with E-state index in [0.717, 1.165) is 16.2 Å². The molecule has 2 atom stereocenters. The number of carbonyl (C=O) groups is 4. The van der Waals surface area contributed by atoms with Crippen LogP contribution in [-0.2, 0) is 23.1 Å². The molecule has 2 aliphatic heterocycles. The molecule has 0 radical (unpaired) electrons. The molecule has 0 saturated carbocycles. The number of urea groups is 1. The first-order chi connectivity index (χ1) is 16.8. The van der Waals surface area contributed by atoms with Gasteiger partial charge < -0.3 is 29.8 Å². The van der Waals surface area contributed by atoms with Gasteiger partial charge in [0.15, 0.2) is 22.3 Å². The van der Waals surface area contributed by atoms with E-state index in [1.165, 1.54) is 17.9 Å². The minimum absolute atomic E-state index is 0.0213. The van der Waals surface area contributed by atoms with E-state index in [4.69, 9.17) is 14.6 Å². The van der Waals surface area contributed by atoms with Gasteiger partial charge in [0.25, 0.3) is 5.91 Å². The number of hydrogen-bond donors (Lipinski definition) is 3. The first-order valence-electron chi connectivity index (χ1n) is 10.3. The van der Waals surface area contributed by atoms with Crippen molar-refractivity contribution in [2.24, 2.45) is 7.05 Å². The van der Waals surface area contributed by atoms with E-state index >= 15 is 0 Å². The SMILES string of the molecule is Cn1cncc1C[C@@H](C(=O)Nc1nc(C(=O)O)cs1)N1C(=O)NC(c2ccc3c(c2)OCO3)C1=O. The van der Waals surface area contributed by atoms with Crippen LogP contribution in [0.15, 0.2) is 36.1 Å². The molecule has 180 valence electrons. The van der Waals surface area contributed by atoms with Crippen LogP contribution in [0.2, 0.25) is 0 Å². The number of hydrogen-bond acceptors (Lipinski definition) is 9. The van der Waals surface area contributed by atoms with Gasteiger partial charge in [-0.3, -0.25) is 9.59 Å². The Kier molecular flexibility index (Phi) is 5.56. The summed E-state index contributed by atoms with van der Waals surface area (Å²) >= 11 is 0.916. The summed E-state index contributed by atoms with van der Waals surface area (Å²) in [6.45, 7) is 0.0587. The number of carbonyl (C=O) groups excluding carboxylic acids is 3. The van der Waals surface area contributed by atoms with Crippen molar-refractivity contribution in [2.75, 3.05) is 12.1 Å².